The van der Waals surface area contributed by atoms with Gasteiger partial charge >= 0.3 is 0 Å². The van der Waals surface area contributed by atoms with Gasteiger partial charge in [0.2, 0.25) is 0 Å². The van der Waals surface area contributed by atoms with Crippen LogP contribution in [0, 0.1) is 0 Å². The summed E-state index contributed by atoms with van der Waals surface area (Å²) in [7, 11) is -3.24. The van der Waals surface area contributed by atoms with Crippen LogP contribution in [0.2, 0.25) is 0 Å². The maximum Gasteiger partial charge on any atom is 0.175 e. The highest BCUT2D eigenvalue weighted by Gasteiger charge is 2.08. The first-order valence-electron chi connectivity index (χ1n) is 6.17. The molecule has 2 aromatic rings. The zero-order valence-corrected chi connectivity index (χ0v) is 12.1. The first-order valence-corrected chi connectivity index (χ1v) is 8.06. The Bertz CT molecular complexity index is 699. The molecule has 0 atom stereocenters. The number of pyridine rings is 1. The van der Waals surface area contributed by atoms with Crippen molar-refractivity contribution in [3.05, 3.63) is 42.6 Å². The van der Waals surface area contributed by atoms with Crippen LogP contribution in [-0.2, 0) is 9.84 Å². The molecule has 0 aliphatic carbocycles. The summed E-state index contributed by atoms with van der Waals surface area (Å²) in [5.74, 6) is 1.78. The molecule has 0 aliphatic heterocycles. The molecule has 6 heteroatoms. The molecule has 0 radical (unpaired) electrons. The molecule has 0 amide bonds. The highest BCUT2D eigenvalue weighted by molar-refractivity contribution is 7.90. The molecule has 1 N–H and O–H groups in total. The van der Waals surface area contributed by atoms with Crippen LogP contribution in [0.15, 0.2) is 47.5 Å². The fourth-order valence-electron chi connectivity index (χ4n) is 1.66. The molecule has 1 aromatic heterocycles. The van der Waals surface area contributed by atoms with E-state index in [0.29, 0.717) is 17.3 Å². The quantitative estimate of drug-likeness (QED) is 0.917. The minimum atomic E-state index is -3.24. The Morgan fingerprint density at radius 2 is 1.95 bits per heavy atom. The molecule has 106 valence electrons. The molecule has 0 bridgehead atoms. The Kier molecular flexibility index (Phi) is 4.24. The van der Waals surface area contributed by atoms with E-state index >= 15 is 0 Å². The zero-order valence-electron chi connectivity index (χ0n) is 11.3. The Hall–Kier alpha value is -2.08. The molecule has 0 spiro atoms. The van der Waals surface area contributed by atoms with Crippen LogP contribution in [0.4, 0.5) is 5.82 Å². The average Bonchev–Trinajstić information content (AvgIpc) is 2.39. The molecular weight excluding hydrogens is 276 g/mol. The van der Waals surface area contributed by atoms with Crippen LogP contribution < -0.4 is 10.1 Å². The van der Waals surface area contributed by atoms with E-state index in [2.05, 4.69) is 10.3 Å². The summed E-state index contributed by atoms with van der Waals surface area (Å²) in [5, 5.41) is 3.08. The summed E-state index contributed by atoms with van der Waals surface area (Å²) >= 11 is 0. The summed E-state index contributed by atoms with van der Waals surface area (Å²) in [6, 6.07) is 9.88. The minimum absolute atomic E-state index is 0.232. The van der Waals surface area contributed by atoms with Crippen molar-refractivity contribution in [3.63, 3.8) is 0 Å². The maximum absolute atomic E-state index is 11.5. The second kappa shape index (κ2) is 5.92. The van der Waals surface area contributed by atoms with E-state index in [1.165, 1.54) is 12.3 Å². The lowest BCUT2D eigenvalue weighted by Crippen LogP contribution is -1.99. The predicted molar refractivity (Wildman–Crippen MR) is 78.0 cm³/mol. The second-order valence-electron chi connectivity index (χ2n) is 4.26. The fraction of sp³-hybridized carbons (Fsp3) is 0.214. The van der Waals surface area contributed by atoms with Gasteiger partial charge in [0.1, 0.15) is 17.3 Å². The number of aromatic nitrogens is 1. The van der Waals surface area contributed by atoms with Crippen molar-refractivity contribution in [1.29, 1.82) is 0 Å². The Morgan fingerprint density at radius 3 is 2.65 bits per heavy atom. The van der Waals surface area contributed by atoms with Crippen molar-refractivity contribution < 1.29 is 13.2 Å². The van der Waals surface area contributed by atoms with Crippen LogP contribution in [0.3, 0.4) is 0 Å². The van der Waals surface area contributed by atoms with Crippen molar-refractivity contribution in [2.24, 2.45) is 0 Å². The average molecular weight is 292 g/mol. The van der Waals surface area contributed by atoms with Crippen molar-refractivity contribution in [2.75, 3.05) is 18.1 Å². The lowest BCUT2D eigenvalue weighted by Gasteiger charge is -2.08. The monoisotopic (exact) mass is 292 g/mol. The Labute approximate surface area is 118 Å². The van der Waals surface area contributed by atoms with E-state index in [1.54, 1.807) is 36.5 Å². The Balaban J connectivity index is 2.24. The van der Waals surface area contributed by atoms with Gasteiger partial charge in [-0.2, -0.15) is 0 Å². The van der Waals surface area contributed by atoms with Crippen LogP contribution >= 0.6 is 0 Å². The van der Waals surface area contributed by atoms with Gasteiger partial charge in [0.05, 0.1) is 4.90 Å². The van der Waals surface area contributed by atoms with Gasteiger partial charge in [0.15, 0.2) is 9.84 Å². The fourth-order valence-corrected chi connectivity index (χ4v) is 2.31. The van der Waals surface area contributed by atoms with Gasteiger partial charge in [0, 0.05) is 25.1 Å². The van der Waals surface area contributed by atoms with Crippen LogP contribution in [-0.4, -0.2) is 26.2 Å². The van der Waals surface area contributed by atoms with E-state index in [4.69, 9.17) is 4.74 Å². The summed E-state index contributed by atoms with van der Waals surface area (Å²) in [5.41, 5.74) is 0. The van der Waals surface area contributed by atoms with Crippen molar-refractivity contribution in [1.82, 2.24) is 4.98 Å². The maximum atomic E-state index is 11.5. The van der Waals surface area contributed by atoms with E-state index in [0.717, 1.165) is 6.54 Å². The largest absolute Gasteiger partial charge is 0.457 e. The summed E-state index contributed by atoms with van der Waals surface area (Å²) in [4.78, 5) is 4.37. The van der Waals surface area contributed by atoms with Crippen LogP contribution in [0.5, 0.6) is 11.5 Å². The minimum Gasteiger partial charge on any atom is -0.457 e. The van der Waals surface area contributed by atoms with Gasteiger partial charge in [-0.15, -0.1) is 0 Å². The number of hydrogen-bond donors (Lipinski definition) is 1. The molecule has 0 saturated carbocycles. The number of rotatable bonds is 5. The molecule has 0 fully saturated rings. The van der Waals surface area contributed by atoms with E-state index in [9.17, 15) is 8.42 Å². The molecular formula is C14H16N2O3S. The van der Waals surface area contributed by atoms with Gasteiger partial charge in [-0.1, -0.05) is 6.07 Å². The van der Waals surface area contributed by atoms with Crippen molar-refractivity contribution in [3.8, 4) is 11.5 Å². The molecule has 2 rings (SSSR count). The van der Waals surface area contributed by atoms with E-state index in [-0.39, 0.29) is 4.90 Å². The third-order valence-corrected chi connectivity index (χ3v) is 3.67. The smallest absolute Gasteiger partial charge is 0.175 e. The number of sulfone groups is 1. The number of hydrogen-bond acceptors (Lipinski definition) is 5. The van der Waals surface area contributed by atoms with Gasteiger partial charge < -0.3 is 10.1 Å². The normalized spacial score (nSPS) is 11.1. The summed E-state index contributed by atoms with van der Waals surface area (Å²) in [6.07, 6.45) is 2.80. The molecule has 1 aromatic carbocycles. The van der Waals surface area contributed by atoms with Crippen LogP contribution in [0.25, 0.3) is 0 Å². The van der Waals surface area contributed by atoms with E-state index < -0.39 is 9.84 Å². The second-order valence-corrected chi connectivity index (χ2v) is 6.27. The molecule has 20 heavy (non-hydrogen) atoms. The highest BCUT2D eigenvalue weighted by Crippen LogP contribution is 2.25. The van der Waals surface area contributed by atoms with Crippen molar-refractivity contribution >= 4 is 15.7 Å². The number of nitrogens with zero attached hydrogens (tertiary/aromatic N) is 1. The lowest BCUT2D eigenvalue weighted by molar-refractivity contribution is 0.480. The standard InChI is InChI=1S/C14H16N2O3S/c1-3-15-14-10-12(7-8-16-14)19-11-5-4-6-13(9-11)20(2,17)18/h4-10H,3H2,1-2H3,(H,15,16). The number of nitrogens with one attached hydrogen (secondary N) is 1. The summed E-state index contributed by atoms with van der Waals surface area (Å²) in [6.45, 7) is 2.74. The third-order valence-electron chi connectivity index (χ3n) is 2.56. The lowest BCUT2D eigenvalue weighted by atomic mass is 10.3. The zero-order chi connectivity index (χ0) is 14.6. The topological polar surface area (TPSA) is 68.3 Å². The first-order chi connectivity index (χ1) is 9.49. The molecule has 1 heterocycles. The molecule has 0 saturated heterocycles. The first kappa shape index (κ1) is 14.3. The SMILES string of the molecule is CCNc1cc(Oc2cccc(S(C)(=O)=O)c2)ccn1. The third kappa shape index (κ3) is 3.71. The van der Waals surface area contributed by atoms with Gasteiger partial charge in [-0.25, -0.2) is 13.4 Å². The summed E-state index contributed by atoms with van der Waals surface area (Å²) < 4.78 is 28.7. The molecule has 0 aliphatic rings. The number of benzene rings is 1. The highest BCUT2D eigenvalue weighted by atomic mass is 32.2. The van der Waals surface area contributed by atoms with Crippen LogP contribution in [0.1, 0.15) is 6.92 Å². The Morgan fingerprint density at radius 1 is 1.20 bits per heavy atom. The number of anilines is 1. The van der Waals surface area contributed by atoms with Gasteiger partial charge in [-0.3, -0.25) is 0 Å². The number of ether oxygens (including phenoxy) is 1. The molecule has 5 nitrogen and oxygen atoms in total. The predicted octanol–water partition coefficient (Wildman–Crippen LogP) is 2.71. The molecule has 0 unspecified atom stereocenters. The van der Waals surface area contributed by atoms with Gasteiger partial charge in [0.25, 0.3) is 0 Å². The van der Waals surface area contributed by atoms with Crippen molar-refractivity contribution in [2.45, 2.75) is 11.8 Å². The van der Waals surface area contributed by atoms with E-state index in [1.807, 2.05) is 6.92 Å². The van der Waals surface area contributed by atoms with Gasteiger partial charge in [-0.05, 0) is 31.2 Å².